The molecule has 1 aromatic carbocycles. The van der Waals surface area contributed by atoms with Gasteiger partial charge in [0.05, 0.1) is 5.75 Å². The van der Waals surface area contributed by atoms with Gasteiger partial charge in [-0.15, -0.1) is 0 Å². The maximum Gasteiger partial charge on any atom is 0.232 e. The Labute approximate surface area is 134 Å². The SMILES string of the molecule is Cc1ccc(NS(=O)(=O)CC[C@@H]2CC[C@H]3C[C@@H]2C3(C)C)cc1. The van der Waals surface area contributed by atoms with Crippen molar-refractivity contribution in [2.24, 2.45) is 23.2 Å². The van der Waals surface area contributed by atoms with Gasteiger partial charge in [-0.3, -0.25) is 4.72 Å². The van der Waals surface area contributed by atoms with E-state index in [4.69, 9.17) is 0 Å². The highest BCUT2D eigenvalue weighted by Crippen LogP contribution is 2.61. The van der Waals surface area contributed by atoms with Crippen LogP contribution in [0.15, 0.2) is 24.3 Å². The molecule has 22 heavy (non-hydrogen) atoms. The summed E-state index contributed by atoms with van der Waals surface area (Å²) < 4.78 is 27.3. The van der Waals surface area contributed by atoms with Crippen molar-refractivity contribution in [3.05, 3.63) is 29.8 Å². The quantitative estimate of drug-likeness (QED) is 0.883. The molecule has 2 bridgehead atoms. The van der Waals surface area contributed by atoms with Crippen LogP contribution in [-0.2, 0) is 10.0 Å². The van der Waals surface area contributed by atoms with E-state index in [2.05, 4.69) is 18.6 Å². The van der Waals surface area contributed by atoms with Gasteiger partial charge in [0.15, 0.2) is 0 Å². The molecule has 0 aliphatic heterocycles. The summed E-state index contributed by atoms with van der Waals surface area (Å²) in [5.41, 5.74) is 2.22. The van der Waals surface area contributed by atoms with E-state index in [1.807, 2.05) is 31.2 Å². The zero-order valence-corrected chi connectivity index (χ0v) is 14.6. The van der Waals surface area contributed by atoms with Crippen LogP contribution in [0, 0.1) is 30.1 Å². The summed E-state index contributed by atoms with van der Waals surface area (Å²) in [6, 6.07) is 7.51. The van der Waals surface area contributed by atoms with Gasteiger partial charge >= 0.3 is 0 Å². The number of rotatable bonds is 5. The van der Waals surface area contributed by atoms with E-state index >= 15 is 0 Å². The number of anilines is 1. The lowest BCUT2D eigenvalue weighted by atomic mass is 9.45. The molecular weight excluding hydrogens is 294 g/mol. The Hall–Kier alpha value is -1.03. The van der Waals surface area contributed by atoms with Gasteiger partial charge in [-0.2, -0.15) is 0 Å². The Kier molecular flexibility index (Phi) is 4.00. The number of nitrogens with one attached hydrogen (secondary N) is 1. The number of sulfonamides is 1. The van der Waals surface area contributed by atoms with Crippen LogP contribution in [0.4, 0.5) is 5.69 Å². The van der Waals surface area contributed by atoms with Gasteiger partial charge in [-0.1, -0.05) is 31.5 Å². The highest BCUT2D eigenvalue weighted by atomic mass is 32.2. The van der Waals surface area contributed by atoms with Gasteiger partial charge in [-0.25, -0.2) is 8.42 Å². The molecule has 1 aromatic rings. The Morgan fingerprint density at radius 2 is 1.86 bits per heavy atom. The molecule has 3 fully saturated rings. The van der Waals surface area contributed by atoms with Crippen molar-refractivity contribution in [3.63, 3.8) is 0 Å². The van der Waals surface area contributed by atoms with Gasteiger partial charge in [-0.05, 0) is 67.9 Å². The standard InChI is InChI=1S/C18H27NO2S/c1-13-4-8-16(9-5-13)19-22(20,21)11-10-14-6-7-15-12-17(14)18(15,2)3/h4-5,8-9,14-15,17,19H,6-7,10-12H2,1-3H3/t14-,15-,17-/m0/s1. The Balaban J connectivity index is 1.57. The summed E-state index contributed by atoms with van der Waals surface area (Å²) in [6.45, 7) is 6.71. The number of aryl methyl sites for hydroxylation is 1. The molecule has 0 radical (unpaired) electrons. The Morgan fingerprint density at radius 1 is 1.18 bits per heavy atom. The number of hydrogen-bond donors (Lipinski definition) is 1. The molecule has 0 unspecified atom stereocenters. The van der Waals surface area contributed by atoms with Crippen LogP contribution >= 0.6 is 0 Å². The van der Waals surface area contributed by atoms with Crippen LogP contribution in [0.1, 0.15) is 45.1 Å². The van der Waals surface area contributed by atoms with Crippen molar-refractivity contribution in [1.29, 1.82) is 0 Å². The second-order valence-corrected chi connectivity index (χ2v) is 9.62. The minimum absolute atomic E-state index is 0.239. The largest absolute Gasteiger partial charge is 0.284 e. The number of benzene rings is 1. The summed E-state index contributed by atoms with van der Waals surface area (Å²) >= 11 is 0. The van der Waals surface area contributed by atoms with Crippen molar-refractivity contribution in [2.75, 3.05) is 10.5 Å². The molecule has 3 aliphatic carbocycles. The maximum absolute atomic E-state index is 12.3. The molecular formula is C18H27NO2S. The van der Waals surface area contributed by atoms with Crippen LogP contribution in [0.2, 0.25) is 0 Å². The molecule has 3 nitrogen and oxygen atoms in total. The summed E-state index contributed by atoms with van der Waals surface area (Å²) in [5, 5.41) is 0. The van der Waals surface area contributed by atoms with Gasteiger partial charge in [0, 0.05) is 5.69 Å². The second kappa shape index (κ2) is 5.55. The minimum Gasteiger partial charge on any atom is -0.284 e. The van der Waals surface area contributed by atoms with E-state index in [1.54, 1.807) is 0 Å². The first-order chi connectivity index (χ1) is 10.3. The van der Waals surface area contributed by atoms with Crippen molar-refractivity contribution in [3.8, 4) is 0 Å². The van der Waals surface area contributed by atoms with Crippen molar-refractivity contribution < 1.29 is 8.42 Å². The fourth-order valence-electron chi connectivity index (χ4n) is 4.47. The zero-order chi connectivity index (χ0) is 16.0. The molecule has 122 valence electrons. The van der Waals surface area contributed by atoms with Gasteiger partial charge < -0.3 is 0 Å². The topological polar surface area (TPSA) is 46.2 Å². The van der Waals surface area contributed by atoms with E-state index in [0.717, 1.165) is 23.8 Å². The van der Waals surface area contributed by atoms with Crippen LogP contribution in [-0.4, -0.2) is 14.2 Å². The third-order valence-corrected chi connectivity index (χ3v) is 7.40. The molecule has 0 spiro atoms. The fourth-order valence-corrected chi connectivity index (χ4v) is 5.68. The van der Waals surface area contributed by atoms with Gasteiger partial charge in [0.25, 0.3) is 0 Å². The monoisotopic (exact) mass is 321 g/mol. The van der Waals surface area contributed by atoms with E-state index in [1.165, 1.54) is 19.3 Å². The van der Waals surface area contributed by atoms with E-state index < -0.39 is 10.0 Å². The summed E-state index contributed by atoms with van der Waals surface area (Å²) in [6.07, 6.45) is 4.59. The molecule has 0 amide bonds. The third-order valence-electron chi connectivity index (χ3n) is 6.08. The van der Waals surface area contributed by atoms with Crippen molar-refractivity contribution in [1.82, 2.24) is 0 Å². The molecule has 0 saturated heterocycles. The predicted molar refractivity (Wildman–Crippen MR) is 91.3 cm³/mol. The first-order valence-electron chi connectivity index (χ1n) is 8.35. The van der Waals surface area contributed by atoms with Crippen molar-refractivity contribution in [2.45, 2.75) is 46.5 Å². The number of hydrogen-bond acceptors (Lipinski definition) is 2. The molecule has 3 saturated carbocycles. The average molecular weight is 321 g/mol. The molecule has 4 heteroatoms. The molecule has 0 heterocycles. The molecule has 4 rings (SSSR count). The average Bonchev–Trinajstić information content (AvgIpc) is 2.47. The zero-order valence-electron chi connectivity index (χ0n) is 13.8. The van der Waals surface area contributed by atoms with E-state index in [0.29, 0.717) is 17.0 Å². The summed E-state index contributed by atoms with van der Waals surface area (Å²) in [4.78, 5) is 0. The van der Waals surface area contributed by atoms with Crippen LogP contribution in [0.5, 0.6) is 0 Å². The predicted octanol–water partition coefficient (Wildman–Crippen LogP) is 4.20. The normalized spacial score (nSPS) is 29.7. The van der Waals surface area contributed by atoms with Crippen LogP contribution in [0.25, 0.3) is 0 Å². The molecule has 1 N–H and O–H groups in total. The van der Waals surface area contributed by atoms with E-state index in [9.17, 15) is 8.42 Å². The third kappa shape index (κ3) is 3.03. The van der Waals surface area contributed by atoms with Crippen LogP contribution < -0.4 is 4.72 Å². The summed E-state index contributed by atoms with van der Waals surface area (Å²) in [7, 11) is -3.24. The molecule has 3 atom stereocenters. The van der Waals surface area contributed by atoms with E-state index in [-0.39, 0.29) is 5.75 Å². The lowest BCUT2D eigenvalue weighted by Crippen LogP contribution is -2.52. The minimum atomic E-state index is -3.24. The number of fused-ring (bicyclic) bond motifs is 2. The van der Waals surface area contributed by atoms with Gasteiger partial charge in [0.1, 0.15) is 0 Å². The smallest absolute Gasteiger partial charge is 0.232 e. The summed E-state index contributed by atoms with van der Waals surface area (Å²) in [5.74, 6) is 2.41. The molecule has 3 aliphatic rings. The highest BCUT2D eigenvalue weighted by molar-refractivity contribution is 7.92. The van der Waals surface area contributed by atoms with Gasteiger partial charge in [0.2, 0.25) is 10.0 Å². The molecule has 0 aromatic heterocycles. The second-order valence-electron chi connectivity index (χ2n) is 7.77. The highest BCUT2D eigenvalue weighted by Gasteiger charge is 2.53. The lowest BCUT2D eigenvalue weighted by molar-refractivity contribution is -0.105. The van der Waals surface area contributed by atoms with Crippen LogP contribution in [0.3, 0.4) is 0 Å². The van der Waals surface area contributed by atoms with Crippen molar-refractivity contribution >= 4 is 15.7 Å². The fraction of sp³-hybridized carbons (Fsp3) is 0.667. The maximum atomic E-state index is 12.3. The Morgan fingerprint density at radius 3 is 2.45 bits per heavy atom. The first-order valence-corrected chi connectivity index (χ1v) is 10.0. The lowest BCUT2D eigenvalue weighted by Gasteiger charge is -2.60. The first kappa shape index (κ1) is 15.9. The Bertz CT molecular complexity index is 632.